The Kier molecular flexibility index (Phi) is 3.00. The third-order valence-electron chi connectivity index (χ3n) is 3.04. The van der Waals surface area contributed by atoms with E-state index in [2.05, 4.69) is 47.1 Å². The Bertz CT molecular complexity index is 593. The number of ether oxygens (including phenoxy) is 2. The highest BCUT2D eigenvalue weighted by Gasteiger charge is 2.13. The van der Waals surface area contributed by atoms with Gasteiger partial charge < -0.3 is 9.47 Å². The third-order valence-corrected chi connectivity index (χ3v) is 4.10. The van der Waals surface area contributed by atoms with Gasteiger partial charge in [-0.2, -0.15) is 0 Å². The van der Waals surface area contributed by atoms with Crippen LogP contribution in [0.15, 0.2) is 40.9 Å². The SMILES string of the molecule is Cc1cccc(-c2ccc3c(c2)OCCO3)c1Br. The maximum absolute atomic E-state index is 5.62. The summed E-state index contributed by atoms with van der Waals surface area (Å²) < 4.78 is 12.3. The second-order valence-corrected chi connectivity index (χ2v) is 5.09. The lowest BCUT2D eigenvalue weighted by Gasteiger charge is -2.19. The van der Waals surface area contributed by atoms with Gasteiger partial charge in [0.15, 0.2) is 11.5 Å². The van der Waals surface area contributed by atoms with Gasteiger partial charge >= 0.3 is 0 Å². The molecule has 0 radical (unpaired) electrons. The van der Waals surface area contributed by atoms with E-state index in [1.165, 1.54) is 11.1 Å². The zero-order valence-electron chi connectivity index (χ0n) is 10.1. The second-order valence-electron chi connectivity index (χ2n) is 4.29. The Balaban J connectivity index is 2.09. The van der Waals surface area contributed by atoms with Gasteiger partial charge in [0.05, 0.1) is 0 Å². The predicted octanol–water partition coefficient (Wildman–Crippen LogP) is 4.20. The first-order chi connectivity index (χ1) is 8.75. The predicted molar refractivity (Wildman–Crippen MR) is 75.3 cm³/mol. The average Bonchev–Trinajstić information content (AvgIpc) is 2.41. The van der Waals surface area contributed by atoms with Gasteiger partial charge in [0, 0.05) is 4.47 Å². The summed E-state index contributed by atoms with van der Waals surface area (Å²) in [4.78, 5) is 0. The Morgan fingerprint density at radius 2 is 1.78 bits per heavy atom. The van der Waals surface area contributed by atoms with Gasteiger partial charge in [-0.15, -0.1) is 0 Å². The molecule has 92 valence electrons. The average molecular weight is 305 g/mol. The van der Waals surface area contributed by atoms with Crippen LogP contribution >= 0.6 is 15.9 Å². The summed E-state index contributed by atoms with van der Waals surface area (Å²) in [5.41, 5.74) is 3.53. The van der Waals surface area contributed by atoms with Crippen molar-refractivity contribution in [1.29, 1.82) is 0 Å². The molecular weight excluding hydrogens is 292 g/mol. The summed E-state index contributed by atoms with van der Waals surface area (Å²) in [6, 6.07) is 12.3. The number of halogens is 1. The maximum atomic E-state index is 5.62. The molecule has 1 heterocycles. The van der Waals surface area contributed by atoms with Crippen molar-refractivity contribution in [2.75, 3.05) is 13.2 Å². The molecule has 3 rings (SSSR count). The van der Waals surface area contributed by atoms with E-state index in [0.29, 0.717) is 13.2 Å². The van der Waals surface area contributed by atoms with Crippen LogP contribution in [-0.4, -0.2) is 13.2 Å². The zero-order valence-corrected chi connectivity index (χ0v) is 11.7. The molecule has 0 spiro atoms. The first-order valence-corrected chi connectivity index (χ1v) is 6.70. The molecule has 1 aliphatic rings. The summed E-state index contributed by atoms with van der Waals surface area (Å²) in [5, 5.41) is 0. The molecule has 0 saturated carbocycles. The molecular formula is C15H13BrO2. The topological polar surface area (TPSA) is 18.5 Å². The molecule has 1 aliphatic heterocycles. The highest BCUT2D eigenvalue weighted by Crippen LogP contribution is 2.37. The van der Waals surface area contributed by atoms with Gasteiger partial charge in [-0.25, -0.2) is 0 Å². The van der Waals surface area contributed by atoms with E-state index in [0.717, 1.165) is 21.5 Å². The van der Waals surface area contributed by atoms with Crippen molar-refractivity contribution in [3.63, 3.8) is 0 Å². The summed E-state index contributed by atoms with van der Waals surface area (Å²) >= 11 is 3.64. The molecule has 0 fully saturated rings. The summed E-state index contributed by atoms with van der Waals surface area (Å²) in [6.07, 6.45) is 0. The lowest BCUT2D eigenvalue weighted by molar-refractivity contribution is 0.171. The number of rotatable bonds is 1. The third kappa shape index (κ3) is 1.99. The fraction of sp³-hybridized carbons (Fsp3) is 0.200. The number of hydrogen-bond acceptors (Lipinski definition) is 2. The number of hydrogen-bond donors (Lipinski definition) is 0. The summed E-state index contributed by atoms with van der Waals surface area (Å²) in [5.74, 6) is 1.65. The molecule has 18 heavy (non-hydrogen) atoms. The largest absolute Gasteiger partial charge is 0.486 e. The van der Waals surface area contributed by atoms with Gasteiger partial charge in [0.2, 0.25) is 0 Å². The number of aryl methyl sites for hydroxylation is 1. The van der Waals surface area contributed by atoms with Gasteiger partial charge in [0.1, 0.15) is 13.2 Å². The first-order valence-electron chi connectivity index (χ1n) is 5.91. The van der Waals surface area contributed by atoms with Crippen LogP contribution in [0.4, 0.5) is 0 Å². The highest BCUT2D eigenvalue weighted by atomic mass is 79.9. The molecule has 0 saturated heterocycles. The lowest BCUT2D eigenvalue weighted by atomic mass is 10.0. The van der Waals surface area contributed by atoms with Crippen LogP contribution in [0.2, 0.25) is 0 Å². The van der Waals surface area contributed by atoms with Crippen LogP contribution in [0.25, 0.3) is 11.1 Å². The van der Waals surface area contributed by atoms with Crippen molar-refractivity contribution in [2.24, 2.45) is 0 Å². The second kappa shape index (κ2) is 4.65. The number of fused-ring (bicyclic) bond motifs is 1. The number of benzene rings is 2. The molecule has 0 bridgehead atoms. The van der Waals surface area contributed by atoms with Crippen molar-refractivity contribution >= 4 is 15.9 Å². The van der Waals surface area contributed by atoms with Crippen molar-refractivity contribution in [3.05, 3.63) is 46.4 Å². The summed E-state index contributed by atoms with van der Waals surface area (Å²) in [6.45, 7) is 3.33. The summed E-state index contributed by atoms with van der Waals surface area (Å²) in [7, 11) is 0. The van der Waals surface area contributed by atoms with E-state index < -0.39 is 0 Å². The monoisotopic (exact) mass is 304 g/mol. The maximum Gasteiger partial charge on any atom is 0.161 e. The Morgan fingerprint density at radius 1 is 1.00 bits per heavy atom. The molecule has 0 unspecified atom stereocenters. The first kappa shape index (κ1) is 11.6. The van der Waals surface area contributed by atoms with Crippen molar-refractivity contribution in [2.45, 2.75) is 6.92 Å². The normalized spacial score (nSPS) is 13.4. The fourth-order valence-corrected chi connectivity index (χ4v) is 2.57. The smallest absolute Gasteiger partial charge is 0.161 e. The van der Waals surface area contributed by atoms with Gasteiger partial charge in [0.25, 0.3) is 0 Å². The Hall–Kier alpha value is -1.48. The fourth-order valence-electron chi connectivity index (χ4n) is 2.08. The quantitative estimate of drug-likeness (QED) is 0.786. The standard InChI is InChI=1S/C15H13BrO2/c1-10-3-2-4-12(15(10)16)11-5-6-13-14(9-11)18-8-7-17-13/h2-6,9H,7-8H2,1H3. The lowest BCUT2D eigenvalue weighted by Crippen LogP contribution is -2.15. The van der Waals surface area contributed by atoms with E-state index in [4.69, 9.17) is 9.47 Å². The minimum absolute atomic E-state index is 0.617. The highest BCUT2D eigenvalue weighted by molar-refractivity contribution is 9.10. The Morgan fingerprint density at radius 3 is 2.61 bits per heavy atom. The van der Waals surface area contributed by atoms with Crippen LogP contribution in [-0.2, 0) is 0 Å². The van der Waals surface area contributed by atoms with Crippen LogP contribution < -0.4 is 9.47 Å². The van der Waals surface area contributed by atoms with E-state index in [-0.39, 0.29) is 0 Å². The minimum atomic E-state index is 0.617. The van der Waals surface area contributed by atoms with Crippen LogP contribution in [0.3, 0.4) is 0 Å². The van der Waals surface area contributed by atoms with E-state index in [1.54, 1.807) is 0 Å². The van der Waals surface area contributed by atoms with Crippen molar-refractivity contribution in [1.82, 2.24) is 0 Å². The molecule has 2 nitrogen and oxygen atoms in total. The minimum Gasteiger partial charge on any atom is -0.486 e. The van der Waals surface area contributed by atoms with Crippen LogP contribution in [0, 0.1) is 6.92 Å². The van der Waals surface area contributed by atoms with Gasteiger partial charge in [-0.1, -0.05) is 24.3 Å². The molecule has 2 aromatic carbocycles. The van der Waals surface area contributed by atoms with E-state index in [9.17, 15) is 0 Å². The van der Waals surface area contributed by atoms with E-state index >= 15 is 0 Å². The molecule has 0 atom stereocenters. The molecule has 0 amide bonds. The molecule has 3 heteroatoms. The molecule has 2 aromatic rings. The Labute approximate surface area is 115 Å². The van der Waals surface area contributed by atoms with Crippen molar-refractivity contribution < 1.29 is 9.47 Å². The molecule has 0 aliphatic carbocycles. The van der Waals surface area contributed by atoms with Crippen LogP contribution in [0.5, 0.6) is 11.5 Å². The van der Waals surface area contributed by atoms with Gasteiger partial charge in [-0.05, 0) is 51.7 Å². The van der Waals surface area contributed by atoms with Gasteiger partial charge in [-0.3, -0.25) is 0 Å². The molecule has 0 aromatic heterocycles. The van der Waals surface area contributed by atoms with Crippen LogP contribution in [0.1, 0.15) is 5.56 Å². The van der Waals surface area contributed by atoms with E-state index in [1.807, 2.05) is 12.1 Å². The molecule has 0 N–H and O–H groups in total. The zero-order chi connectivity index (χ0) is 12.5. The van der Waals surface area contributed by atoms with Crippen molar-refractivity contribution in [3.8, 4) is 22.6 Å².